The van der Waals surface area contributed by atoms with Crippen LogP contribution in [-0.2, 0) is 19.9 Å². The van der Waals surface area contributed by atoms with Crippen LogP contribution in [0.5, 0.6) is 0 Å². The minimum Gasteiger partial charge on any atom is -0.229 e. The highest BCUT2D eigenvalue weighted by molar-refractivity contribution is 9.10. The van der Waals surface area contributed by atoms with Gasteiger partial charge in [-0.25, -0.2) is 16.8 Å². The molecule has 8 heteroatoms. The lowest BCUT2D eigenvalue weighted by molar-refractivity contribution is 0.354. The first-order valence-electron chi connectivity index (χ1n) is 6.25. The Morgan fingerprint density at radius 2 is 2.00 bits per heavy atom. The van der Waals surface area contributed by atoms with Gasteiger partial charge in [0.15, 0.2) is 9.84 Å². The standard InChI is InChI=1S/C12H16BrNO4S2/c1-2-14(10-7-8-19(15,16)9-10)20(17,18)12-6-4-3-5-11(12)13/h3-6,10H,2,7-9H2,1H3/t10-/m1/s1. The molecular weight excluding hydrogens is 366 g/mol. The van der Waals surface area contributed by atoms with E-state index < -0.39 is 25.9 Å². The third-order valence-corrected chi connectivity index (χ3v) is 8.14. The third-order valence-electron chi connectivity index (χ3n) is 3.35. The molecule has 0 radical (unpaired) electrons. The van der Waals surface area contributed by atoms with Gasteiger partial charge in [0.05, 0.1) is 16.4 Å². The number of sulfone groups is 1. The number of rotatable bonds is 4. The zero-order valence-electron chi connectivity index (χ0n) is 11.0. The van der Waals surface area contributed by atoms with E-state index in [9.17, 15) is 16.8 Å². The monoisotopic (exact) mass is 381 g/mol. The Bertz CT molecular complexity index is 700. The molecule has 2 rings (SSSR count). The van der Waals surface area contributed by atoms with E-state index in [1.165, 1.54) is 10.4 Å². The summed E-state index contributed by atoms with van der Waals surface area (Å²) in [5.74, 6) is -0.0375. The molecule has 5 nitrogen and oxygen atoms in total. The molecule has 112 valence electrons. The van der Waals surface area contributed by atoms with E-state index in [2.05, 4.69) is 15.9 Å². The second-order valence-electron chi connectivity index (χ2n) is 4.70. The summed E-state index contributed by atoms with van der Waals surface area (Å²) < 4.78 is 50.3. The molecule has 0 spiro atoms. The van der Waals surface area contributed by atoms with Crippen molar-refractivity contribution in [3.8, 4) is 0 Å². The highest BCUT2D eigenvalue weighted by Gasteiger charge is 2.38. The maximum Gasteiger partial charge on any atom is 0.244 e. The molecule has 0 bridgehead atoms. The molecule has 0 aliphatic carbocycles. The molecular formula is C12H16BrNO4S2. The average Bonchev–Trinajstić information content (AvgIpc) is 2.70. The van der Waals surface area contributed by atoms with Gasteiger partial charge in [-0.15, -0.1) is 0 Å². The number of sulfonamides is 1. The van der Waals surface area contributed by atoms with Gasteiger partial charge in [-0.05, 0) is 34.5 Å². The summed E-state index contributed by atoms with van der Waals surface area (Å²) in [5.41, 5.74) is 0. The highest BCUT2D eigenvalue weighted by Crippen LogP contribution is 2.28. The lowest BCUT2D eigenvalue weighted by Gasteiger charge is -2.26. The van der Waals surface area contributed by atoms with Gasteiger partial charge in [0, 0.05) is 17.1 Å². The molecule has 1 aliphatic rings. The van der Waals surface area contributed by atoms with Crippen LogP contribution < -0.4 is 0 Å². The van der Waals surface area contributed by atoms with E-state index in [0.717, 1.165) is 0 Å². The van der Waals surface area contributed by atoms with Gasteiger partial charge in [0.25, 0.3) is 0 Å². The third kappa shape index (κ3) is 3.08. The maximum atomic E-state index is 12.7. The van der Waals surface area contributed by atoms with Crippen LogP contribution in [0.2, 0.25) is 0 Å². The normalized spacial score (nSPS) is 22.2. The van der Waals surface area contributed by atoms with E-state index in [1.807, 2.05) is 0 Å². The molecule has 1 heterocycles. The van der Waals surface area contributed by atoms with E-state index in [-0.39, 0.29) is 22.9 Å². The molecule has 1 fully saturated rings. The second-order valence-corrected chi connectivity index (χ2v) is 9.64. The fourth-order valence-electron chi connectivity index (χ4n) is 2.41. The second kappa shape index (κ2) is 5.75. The SMILES string of the molecule is CCN([C@@H]1CCS(=O)(=O)C1)S(=O)(=O)c1ccccc1Br. The van der Waals surface area contributed by atoms with Crippen LogP contribution in [0.25, 0.3) is 0 Å². The predicted molar refractivity (Wildman–Crippen MR) is 80.8 cm³/mol. The van der Waals surface area contributed by atoms with Gasteiger partial charge >= 0.3 is 0 Å². The van der Waals surface area contributed by atoms with E-state index in [1.54, 1.807) is 25.1 Å². The topological polar surface area (TPSA) is 71.5 Å². The number of hydrogen-bond acceptors (Lipinski definition) is 4. The van der Waals surface area contributed by atoms with Crippen molar-refractivity contribution in [3.63, 3.8) is 0 Å². The van der Waals surface area contributed by atoms with Crippen molar-refractivity contribution in [2.75, 3.05) is 18.1 Å². The van der Waals surface area contributed by atoms with Crippen LogP contribution >= 0.6 is 15.9 Å². The van der Waals surface area contributed by atoms with Gasteiger partial charge in [0.2, 0.25) is 10.0 Å². The van der Waals surface area contributed by atoms with Crippen molar-refractivity contribution in [2.24, 2.45) is 0 Å². The lowest BCUT2D eigenvalue weighted by Crippen LogP contribution is -2.41. The lowest BCUT2D eigenvalue weighted by atomic mass is 10.3. The van der Waals surface area contributed by atoms with Crippen LogP contribution in [0.3, 0.4) is 0 Å². The molecule has 0 amide bonds. The van der Waals surface area contributed by atoms with Crippen LogP contribution in [0, 0.1) is 0 Å². The average molecular weight is 382 g/mol. The van der Waals surface area contributed by atoms with Gasteiger partial charge in [-0.3, -0.25) is 0 Å². The molecule has 1 atom stereocenters. The highest BCUT2D eigenvalue weighted by atomic mass is 79.9. The first-order valence-corrected chi connectivity index (χ1v) is 10.3. The van der Waals surface area contributed by atoms with Crippen LogP contribution in [-0.4, -0.2) is 45.2 Å². The Kier molecular flexibility index (Phi) is 4.58. The summed E-state index contributed by atoms with van der Waals surface area (Å²) in [7, 11) is -6.81. The molecule has 0 unspecified atom stereocenters. The summed E-state index contributed by atoms with van der Waals surface area (Å²) in [6.45, 7) is 1.98. The number of benzene rings is 1. The van der Waals surface area contributed by atoms with E-state index in [4.69, 9.17) is 0 Å². The first-order chi connectivity index (χ1) is 9.28. The van der Waals surface area contributed by atoms with Gasteiger partial charge < -0.3 is 0 Å². The quantitative estimate of drug-likeness (QED) is 0.794. The Morgan fingerprint density at radius 3 is 2.50 bits per heavy atom. The van der Waals surface area contributed by atoms with E-state index >= 15 is 0 Å². The van der Waals surface area contributed by atoms with Gasteiger partial charge in [-0.1, -0.05) is 19.1 Å². The molecule has 20 heavy (non-hydrogen) atoms. The molecule has 0 aromatic heterocycles. The molecule has 0 saturated carbocycles. The van der Waals surface area contributed by atoms with Crippen LogP contribution in [0.15, 0.2) is 33.6 Å². The predicted octanol–water partition coefficient (Wildman–Crippen LogP) is 1.65. The number of hydrogen-bond donors (Lipinski definition) is 0. The molecule has 1 aromatic carbocycles. The first kappa shape index (κ1) is 15.9. The molecule has 0 N–H and O–H groups in total. The summed E-state index contributed by atoms with van der Waals surface area (Å²) in [5, 5.41) is 0. The minimum atomic E-state index is -3.69. The Labute approximate surface area is 128 Å². The molecule has 1 aliphatic heterocycles. The minimum absolute atomic E-state index is 0.0552. The zero-order chi connectivity index (χ0) is 15.0. The Hall–Kier alpha value is -0.440. The summed E-state index contributed by atoms with van der Waals surface area (Å²) in [6.07, 6.45) is 0.361. The maximum absolute atomic E-state index is 12.7. The van der Waals surface area contributed by atoms with Crippen molar-refractivity contribution < 1.29 is 16.8 Å². The zero-order valence-corrected chi connectivity index (χ0v) is 14.2. The van der Waals surface area contributed by atoms with Crippen molar-refractivity contribution in [1.29, 1.82) is 0 Å². The summed E-state index contributed by atoms with van der Waals surface area (Å²) in [6, 6.07) is 6.09. The van der Waals surface area contributed by atoms with Crippen molar-refractivity contribution in [3.05, 3.63) is 28.7 Å². The molecule has 1 aromatic rings. The van der Waals surface area contributed by atoms with Crippen molar-refractivity contribution >= 4 is 35.8 Å². The molecule has 1 saturated heterocycles. The smallest absolute Gasteiger partial charge is 0.229 e. The van der Waals surface area contributed by atoms with Crippen LogP contribution in [0.1, 0.15) is 13.3 Å². The number of halogens is 1. The van der Waals surface area contributed by atoms with Gasteiger partial charge in [-0.2, -0.15) is 4.31 Å². The Morgan fingerprint density at radius 1 is 1.35 bits per heavy atom. The Balaban J connectivity index is 2.39. The van der Waals surface area contributed by atoms with Crippen molar-refractivity contribution in [2.45, 2.75) is 24.3 Å². The number of nitrogens with zero attached hydrogens (tertiary/aromatic N) is 1. The van der Waals surface area contributed by atoms with Crippen molar-refractivity contribution in [1.82, 2.24) is 4.31 Å². The summed E-state index contributed by atoms with van der Waals surface area (Å²) >= 11 is 3.24. The van der Waals surface area contributed by atoms with Gasteiger partial charge in [0.1, 0.15) is 0 Å². The summed E-state index contributed by atoms with van der Waals surface area (Å²) in [4.78, 5) is 0.172. The largest absolute Gasteiger partial charge is 0.244 e. The van der Waals surface area contributed by atoms with Crippen LogP contribution in [0.4, 0.5) is 0 Å². The van der Waals surface area contributed by atoms with E-state index in [0.29, 0.717) is 10.9 Å². The fraction of sp³-hybridized carbons (Fsp3) is 0.500. The fourth-order valence-corrected chi connectivity index (χ4v) is 6.86.